The van der Waals surface area contributed by atoms with E-state index in [2.05, 4.69) is 25.8 Å². The van der Waals surface area contributed by atoms with E-state index in [-0.39, 0.29) is 11.6 Å². The van der Waals surface area contributed by atoms with Crippen LogP contribution in [0.25, 0.3) is 0 Å². The number of hydrogen-bond donors (Lipinski definition) is 0. The van der Waals surface area contributed by atoms with E-state index < -0.39 is 0 Å². The normalized spacial score (nSPS) is 20.4. The lowest BCUT2D eigenvalue weighted by Crippen LogP contribution is -2.47. The van der Waals surface area contributed by atoms with Crippen LogP contribution in [0.15, 0.2) is 0 Å². The molecule has 1 aliphatic heterocycles. The van der Waals surface area contributed by atoms with Crippen LogP contribution in [0.4, 0.5) is 0 Å². The largest absolute Gasteiger partial charge is 0.458 e. The number of likely N-dealkylation sites (N-methyl/N-ethyl adjacent to an activating group) is 1. The second-order valence-corrected chi connectivity index (χ2v) is 9.47. The molecule has 0 bridgehead atoms. The number of nitrogens with zero attached hydrogens (tertiary/aromatic N) is 1. The molecule has 0 spiro atoms. The highest BCUT2D eigenvalue weighted by atomic mass is 16.6. The van der Waals surface area contributed by atoms with Gasteiger partial charge in [0.1, 0.15) is 5.60 Å². The van der Waals surface area contributed by atoms with Crippen LogP contribution in [0.2, 0.25) is 0 Å². The Bertz CT molecular complexity index is 385. The maximum Gasteiger partial charge on any atom is 0.306 e. The van der Waals surface area contributed by atoms with E-state index in [9.17, 15) is 4.79 Å². The summed E-state index contributed by atoms with van der Waals surface area (Å²) in [6.07, 6.45) is 23.0. The van der Waals surface area contributed by atoms with E-state index in [0.717, 1.165) is 32.4 Å². The van der Waals surface area contributed by atoms with Gasteiger partial charge in [0.15, 0.2) is 0 Å². The summed E-state index contributed by atoms with van der Waals surface area (Å²) in [4.78, 5) is 14.4. The van der Waals surface area contributed by atoms with E-state index in [4.69, 9.17) is 4.74 Å². The Kier molecular flexibility index (Phi) is 14.8. The van der Waals surface area contributed by atoms with Crippen LogP contribution in [-0.2, 0) is 9.53 Å². The van der Waals surface area contributed by atoms with Crippen molar-refractivity contribution < 1.29 is 9.53 Å². The maximum absolute atomic E-state index is 12.1. The highest BCUT2D eigenvalue weighted by molar-refractivity contribution is 5.69. The standard InChI is InChI=1S/C25H49NO2/c1-4-5-6-7-8-9-10-11-12-13-14-15-16-17-18-20-24(27)28-25(2)21-19-22-26(3)23-25/h4-23H2,1-3H3. The lowest BCUT2D eigenvalue weighted by molar-refractivity contribution is -0.163. The van der Waals surface area contributed by atoms with Crippen molar-refractivity contribution >= 4 is 5.97 Å². The minimum atomic E-state index is -0.264. The fourth-order valence-electron chi connectivity index (χ4n) is 4.50. The first-order valence-electron chi connectivity index (χ1n) is 12.5. The molecule has 0 N–H and O–H groups in total. The fraction of sp³-hybridized carbons (Fsp3) is 0.960. The highest BCUT2D eigenvalue weighted by Crippen LogP contribution is 2.24. The van der Waals surface area contributed by atoms with Crippen LogP contribution in [0.5, 0.6) is 0 Å². The highest BCUT2D eigenvalue weighted by Gasteiger charge is 2.32. The molecule has 28 heavy (non-hydrogen) atoms. The summed E-state index contributed by atoms with van der Waals surface area (Å²) in [6.45, 7) is 6.36. The number of carbonyl (C=O) groups excluding carboxylic acids is 1. The van der Waals surface area contributed by atoms with Gasteiger partial charge in [0, 0.05) is 13.0 Å². The molecule has 0 amide bonds. The Morgan fingerprint density at radius 2 is 1.29 bits per heavy atom. The molecular formula is C25H49NO2. The monoisotopic (exact) mass is 395 g/mol. The van der Waals surface area contributed by atoms with Crippen molar-refractivity contribution in [3.05, 3.63) is 0 Å². The van der Waals surface area contributed by atoms with Crippen LogP contribution in [0.1, 0.15) is 129 Å². The van der Waals surface area contributed by atoms with Gasteiger partial charge >= 0.3 is 5.97 Å². The summed E-state index contributed by atoms with van der Waals surface area (Å²) in [6, 6.07) is 0. The smallest absolute Gasteiger partial charge is 0.306 e. The first-order valence-corrected chi connectivity index (χ1v) is 12.5. The number of carbonyl (C=O) groups is 1. The lowest BCUT2D eigenvalue weighted by atomic mass is 9.95. The molecule has 0 radical (unpaired) electrons. The van der Waals surface area contributed by atoms with Crippen molar-refractivity contribution in [3.8, 4) is 0 Å². The molecule has 1 atom stereocenters. The van der Waals surface area contributed by atoms with E-state index in [1.165, 1.54) is 89.9 Å². The Balaban J connectivity index is 1.83. The number of rotatable bonds is 17. The number of esters is 1. The molecule has 0 aromatic heterocycles. The third-order valence-electron chi connectivity index (χ3n) is 6.19. The van der Waals surface area contributed by atoms with Crippen molar-refractivity contribution in [2.75, 3.05) is 20.1 Å². The zero-order valence-corrected chi connectivity index (χ0v) is 19.4. The van der Waals surface area contributed by atoms with Crippen LogP contribution in [0.3, 0.4) is 0 Å². The topological polar surface area (TPSA) is 29.5 Å². The van der Waals surface area contributed by atoms with Crippen molar-refractivity contribution in [3.63, 3.8) is 0 Å². The van der Waals surface area contributed by atoms with Crippen LogP contribution in [-0.4, -0.2) is 36.6 Å². The van der Waals surface area contributed by atoms with Crippen LogP contribution < -0.4 is 0 Å². The SMILES string of the molecule is CCCCCCCCCCCCCCCCCC(=O)OC1(C)CCCN(C)C1. The van der Waals surface area contributed by atoms with Gasteiger partial charge in [0.2, 0.25) is 0 Å². The summed E-state index contributed by atoms with van der Waals surface area (Å²) in [7, 11) is 2.11. The van der Waals surface area contributed by atoms with E-state index in [1.54, 1.807) is 0 Å². The number of likely N-dealkylation sites (tertiary alicyclic amines) is 1. The van der Waals surface area contributed by atoms with Crippen LogP contribution >= 0.6 is 0 Å². The number of ether oxygens (including phenoxy) is 1. The molecule has 1 rings (SSSR count). The molecule has 1 heterocycles. The second kappa shape index (κ2) is 16.3. The van der Waals surface area contributed by atoms with Gasteiger partial charge in [0.05, 0.1) is 0 Å². The summed E-state index contributed by atoms with van der Waals surface area (Å²) in [5.41, 5.74) is -0.264. The summed E-state index contributed by atoms with van der Waals surface area (Å²) in [5, 5.41) is 0. The average molecular weight is 396 g/mol. The minimum Gasteiger partial charge on any atom is -0.458 e. The van der Waals surface area contributed by atoms with Gasteiger partial charge in [-0.05, 0) is 39.8 Å². The van der Waals surface area contributed by atoms with Gasteiger partial charge in [-0.1, -0.05) is 96.8 Å². The van der Waals surface area contributed by atoms with Gasteiger partial charge in [-0.15, -0.1) is 0 Å². The van der Waals surface area contributed by atoms with Crippen molar-refractivity contribution in [2.45, 2.75) is 135 Å². The Morgan fingerprint density at radius 1 is 0.821 bits per heavy atom. The van der Waals surface area contributed by atoms with Gasteiger partial charge in [-0.25, -0.2) is 0 Å². The number of unbranched alkanes of at least 4 members (excludes halogenated alkanes) is 14. The van der Waals surface area contributed by atoms with E-state index in [1.807, 2.05) is 0 Å². The Morgan fingerprint density at radius 3 is 1.75 bits per heavy atom. The minimum absolute atomic E-state index is 0.00694. The van der Waals surface area contributed by atoms with Gasteiger partial charge in [-0.3, -0.25) is 4.79 Å². The molecule has 1 aliphatic rings. The van der Waals surface area contributed by atoms with E-state index >= 15 is 0 Å². The first-order chi connectivity index (χ1) is 13.6. The van der Waals surface area contributed by atoms with Crippen molar-refractivity contribution in [1.82, 2.24) is 4.90 Å². The lowest BCUT2D eigenvalue weighted by Gasteiger charge is -2.38. The quantitative estimate of drug-likeness (QED) is 0.191. The predicted molar refractivity (Wildman–Crippen MR) is 121 cm³/mol. The molecule has 1 unspecified atom stereocenters. The van der Waals surface area contributed by atoms with Crippen molar-refractivity contribution in [2.24, 2.45) is 0 Å². The predicted octanol–water partition coefficient (Wildman–Crippen LogP) is 7.28. The zero-order chi connectivity index (χ0) is 20.5. The van der Waals surface area contributed by atoms with Crippen LogP contribution in [0, 0.1) is 0 Å². The third-order valence-corrected chi connectivity index (χ3v) is 6.19. The molecule has 1 fully saturated rings. The van der Waals surface area contributed by atoms with E-state index in [0.29, 0.717) is 6.42 Å². The van der Waals surface area contributed by atoms with Gasteiger partial charge in [0.25, 0.3) is 0 Å². The molecular weight excluding hydrogens is 346 g/mol. The fourth-order valence-corrected chi connectivity index (χ4v) is 4.50. The molecule has 0 aliphatic carbocycles. The summed E-state index contributed by atoms with van der Waals surface area (Å²) < 4.78 is 5.79. The third kappa shape index (κ3) is 13.6. The molecule has 1 saturated heterocycles. The number of piperidine rings is 1. The molecule has 166 valence electrons. The van der Waals surface area contributed by atoms with Crippen molar-refractivity contribution in [1.29, 1.82) is 0 Å². The van der Waals surface area contributed by atoms with Gasteiger partial charge < -0.3 is 9.64 Å². The zero-order valence-electron chi connectivity index (χ0n) is 19.4. The average Bonchev–Trinajstić information content (AvgIpc) is 2.64. The summed E-state index contributed by atoms with van der Waals surface area (Å²) >= 11 is 0. The molecule has 3 heteroatoms. The summed E-state index contributed by atoms with van der Waals surface area (Å²) in [5.74, 6) is 0.00694. The maximum atomic E-state index is 12.1. The molecule has 3 nitrogen and oxygen atoms in total. The Labute approximate surface area is 176 Å². The second-order valence-electron chi connectivity index (χ2n) is 9.47. The molecule has 0 aromatic rings. The Hall–Kier alpha value is -0.570. The first kappa shape index (κ1) is 25.5. The molecule has 0 saturated carbocycles. The van der Waals surface area contributed by atoms with Gasteiger partial charge in [-0.2, -0.15) is 0 Å². The number of hydrogen-bond acceptors (Lipinski definition) is 3. The molecule has 0 aromatic carbocycles.